The molecule has 3 nitrogen and oxygen atoms in total. The number of fused-ring (bicyclic) bond motifs is 2. The summed E-state index contributed by atoms with van der Waals surface area (Å²) in [5.41, 5.74) is -1.02. The Morgan fingerprint density at radius 2 is 1.85 bits per heavy atom. The van der Waals surface area contributed by atoms with E-state index in [0.29, 0.717) is 24.9 Å². The van der Waals surface area contributed by atoms with Crippen LogP contribution in [0.1, 0.15) is 32.6 Å². The number of aliphatic hydroxyl groups is 1. The highest BCUT2D eigenvalue weighted by atomic mass is 16.3. The third kappa shape index (κ3) is 1.30. The maximum Gasteiger partial charge on any atom is 0.161 e. The summed E-state index contributed by atoms with van der Waals surface area (Å²) in [4.78, 5) is 13.6. The van der Waals surface area contributed by atoms with Crippen LogP contribution in [0.15, 0.2) is 0 Å². The van der Waals surface area contributed by atoms with Crippen LogP contribution in [-0.2, 0) is 4.79 Å². The van der Waals surface area contributed by atoms with Gasteiger partial charge in [0.15, 0.2) is 5.78 Å². The normalized spacial score (nSPS) is 45.2. The lowest BCUT2D eigenvalue weighted by Gasteiger charge is -2.40. The van der Waals surface area contributed by atoms with E-state index in [0.717, 1.165) is 12.8 Å². The largest absolute Gasteiger partial charge is 0.382 e. The van der Waals surface area contributed by atoms with Crippen LogP contribution in [0.4, 0.5) is 0 Å². The highest BCUT2D eigenvalue weighted by Crippen LogP contribution is 2.39. The summed E-state index contributed by atoms with van der Waals surface area (Å²) >= 11 is 0. The van der Waals surface area contributed by atoms with Gasteiger partial charge in [-0.05, 0) is 39.7 Å². The Kier molecular flexibility index (Phi) is 1.96. The molecule has 13 heavy (non-hydrogen) atoms. The van der Waals surface area contributed by atoms with Gasteiger partial charge in [0.05, 0.1) is 0 Å². The Morgan fingerprint density at radius 3 is 2.23 bits per heavy atom. The standard InChI is InChI=1S/C10H17NO2/c1-7(12)10(13)5-8-3-4-9(6-10)11(8)2/h8-9,13H,3-6H2,1-2H3. The summed E-state index contributed by atoms with van der Waals surface area (Å²) in [5.74, 6) is -0.0579. The topological polar surface area (TPSA) is 40.5 Å². The fraction of sp³-hybridized carbons (Fsp3) is 0.900. The van der Waals surface area contributed by atoms with Gasteiger partial charge in [-0.2, -0.15) is 0 Å². The molecule has 0 aromatic rings. The van der Waals surface area contributed by atoms with Crippen molar-refractivity contribution in [2.75, 3.05) is 7.05 Å². The zero-order valence-corrected chi connectivity index (χ0v) is 8.29. The highest BCUT2D eigenvalue weighted by Gasteiger charge is 2.48. The van der Waals surface area contributed by atoms with Crippen molar-refractivity contribution in [3.8, 4) is 0 Å². The van der Waals surface area contributed by atoms with Gasteiger partial charge < -0.3 is 10.0 Å². The van der Waals surface area contributed by atoms with E-state index in [-0.39, 0.29) is 5.78 Å². The Hall–Kier alpha value is -0.410. The molecular weight excluding hydrogens is 166 g/mol. The lowest BCUT2D eigenvalue weighted by Crippen LogP contribution is -2.52. The first kappa shape index (κ1) is 9.16. The summed E-state index contributed by atoms with van der Waals surface area (Å²) in [5, 5.41) is 10.1. The summed E-state index contributed by atoms with van der Waals surface area (Å²) < 4.78 is 0. The smallest absolute Gasteiger partial charge is 0.161 e. The number of Topliss-reactive ketones (excluding diaryl/α,β-unsaturated/α-hetero) is 1. The first-order chi connectivity index (χ1) is 6.03. The molecule has 3 heteroatoms. The molecule has 74 valence electrons. The fourth-order valence-corrected chi connectivity index (χ4v) is 2.73. The molecule has 2 atom stereocenters. The quantitative estimate of drug-likeness (QED) is 0.646. The molecular formula is C10H17NO2. The van der Waals surface area contributed by atoms with Gasteiger partial charge in [0.2, 0.25) is 0 Å². The summed E-state index contributed by atoms with van der Waals surface area (Å²) in [6.07, 6.45) is 3.54. The minimum absolute atomic E-state index is 0.0579. The Labute approximate surface area is 78.7 Å². The van der Waals surface area contributed by atoms with E-state index in [9.17, 15) is 9.90 Å². The van der Waals surface area contributed by atoms with Crippen LogP contribution in [-0.4, -0.2) is 40.5 Å². The number of ketones is 1. The molecule has 2 saturated heterocycles. The van der Waals surface area contributed by atoms with Crippen molar-refractivity contribution < 1.29 is 9.90 Å². The van der Waals surface area contributed by atoms with Gasteiger partial charge >= 0.3 is 0 Å². The predicted octanol–water partition coefficient (Wildman–Crippen LogP) is 0.563. The lowest BCUT2D eigenvalue weighted by molar-refractivity contribution is -0.142. The van der Waals surface area contributed by atoms with Crippen LogP contribution >= 0.6 is 0 Å². The number of carbonyl (C=O) groups is 1. The van der Waals surface area contributed by atoms with Crippen LogP contribution in [0.5, 0.6) is 0 Å². The molecule has 2 fully saturated rings. The molecule has 1 N–H and O–H groups in total. The lowest BCUT2D eigenvalue weighted by atomic mass is 9.83. The molecule has 0 saturated carbocycles. The Bertz CT molecular complexity index is 225. The minimum Gasteiger partial charge on any atom is -0.382 e. The second-order valence-electron chi connectivity index (χ2n) is 4.55. The maximum atomic E-state index is 11.3. The van der Waals surface area contributed by atoms with Crippen molar-refractivity contribution in [1.29, 1.82) is 0 Å². The SMILES string of the molecule is CC(=O)C1(O)CC2CCC(C1)N2C. The van der Waals surface area contributed by atoms with Gasteiger partial charge in [0, 0.05) is 12.1 Å². The van der Waals surface area contributed by atoms with Crippen LogP contribution in [0.3, 0.4) is 0 Å². The molecule has 0 aromatic carbocycles. The molecule has 0 aliphatic carbocycles. The van der Waals surface area contributed by atoms with Crippen molar-refractivity contribution in [2.45, 2.75) is 50.3 Å². The number of carbonyl (C=O) groups excluding carboxylic acids is 1. The van der Waals surface area contributed by atoms with E-state index in [1.807, 2.05) is 0 Å². The number of hydrogen-bond donors (Lipinski definition) is 1. The zero-order valence-electron chi connectivity index (χ0n) is 8.29. The monoisotopic (exact) mass is 183 g/mol. The van der Waals surface area contributed by atoms with Gasteiger partial charge in [-0.15, -0.1) is 0 Å². The van der Waals surface area contributed by atoms with E-state index in [2.05, 4.69) is 11.9 Å². The van der Waals surface area contributed by atoms with Crippen LogP contribution in [0.25, 0.3) is 0 Å². The molecule has 2 heterocycles. The van der Waals surface area contributed by atoms with Gasteiger partial charge in [-0.1, -0.05) is 0 Å². The first-order valence-electron chi connectivity index (χ1n) is 4.98. The van der Waals surface area contributed by atoms with Crippen molar-refractivity contribution >= 4 is 5.78 Å². The molecule has 2 aliphatic heterocycles. The number of nitrogens with zero attached hydrogens (tertiary/aromatic N) is 1. The minimum atomic E-state index is -1.02. The van der Waals surface area contributed by atoms with E-state index < -0.39 is 5.60 Å². The molecule has 0 radical (unpaired) electrons. The molecule has 0 aromatic heterocycles. The first-order valence-corrected chi connectivity index (χ1v) is 4.98. The van der Waals surface area contributed by atoms with Gasteiger partial charge in [-0.3, -0.25) is 4.79 Å². The summed E-state index contributed by atoms with van der Waals surface area (Å²) in [6, 6.07) is 0.847. The van der Waals surface area contributed by atoms with E-state index >= 15 is 0 Å². The highest BCUT2D eigenvalue weighted by molar-refractivity contribution is 5.85. The number of piperidine rings is 1. The Balaban J connectivity index is 2.19. The van der Waals surface area contributed by atoms with E-state index in [1.165, 1.54) is 6.92 Å². The third-order valence-electron chi connectivity index (χ3n) is 3.79. The Morgan fingerprint density at radius 1 is 1.38 bits per heavy atom. The van der Waals surface area contributed by atoms with Crippen molar-refractivity contribution in [1.82, 2.24) is 4.90 Å². The van der Waals surface area contributed by atoms with Crippen molar-refractivity contribution in [3.63, 3.8) is 0 Å². The number of rotatable bonds is 1. The molecule has 0 amide bonds. The van der Waals surface area contributed by atoms with Crippen molar-refractivity contribution in [2.24, 2.45) is 0 Å². The molecule has 2 rings (SSSR count). The molecule has 0 spiro atoms. The fourth-order valence-electron chi connectivity index (χ4n) is 2.73. The van der Waals surface area contributed by atoms with Gasteiger partial charge in [-0.25, -0.2) is 0 Å². The second-order valence-corrected chi connectivity index (χ2v) is 4.55. The second kappa shape index (κ2) is 2.79. The van der Waals surface area contributed by atoms with Crippen LogP contribution < -0.4 is 0 Å². The van der Waals surface area contributed by atoms with E-state index in [4.69, 9.17) is 0 Å². The van der Waals surface area contributed by atoms with E-state index in [1.54, 1.807) is 0 Å². The van der Waals surface area contributed by atoms with Gasteiger partial charge in [0.25, 0.3) is 0 Å². The third-order valence-corrected chi connectivity index (χ3v) is 3.79. The average Bonchev–Trinajstić information content (AvgIpc) is 2.33. The van der Waals surface area contributed by atoms with Crippen LogP contribution in [0, 0.1) is 0 Å². The molecule has 2 unspecified atom stereocenters. The summed E-state index contributed by atoms with van der Waals surface area (Å²) in [7, 11) is 2.10. The van der Waals surface area contributed by atoms with Gasteiger partial charge in [0.1, 0.15) is 5.60 Å². The maximum absolute atomic E-state index is 11.3. The van der Waals surface area contributed by atoms with Crippen molar-refractivity contribution in [3.05, 3.63) is 0 Å². The number of hydrogen-bond acceptors (Lipinski definition) is 3. The zero-order chi connectivity index (χ0) is 9.64. The predicted molar refractivity (Wildman–Crippen MR) is 49.4 cm³/mol. The van der Waals surface area contributed by atoms with Crippen LogP contribution in [0.2, 0.25) is 0 Å². The molecule has 2 bridgehead atoms. The average molecular weight is 183 g/mol. The molecule has 2 aliphatic rings. The summed E-state index contributed by atoms with van der Waals surface area (Å²) in [6.45, 7) is 1.50.